The van der Waals surface area contributed by atoms with Crippen LogP contribution >= 0.6 is 0 Å². The van der Waals surface area contributed by atoms with Gasteiger partial charge in [-0.05, 0) is 19.1 Å². The van der Waals surface area contributed by atoms with E-state index < -0.39 is 24.5 Å². The van der Waals surface area contributed by atoms with Crippen molar-refractivity contribution in [3.63, 3.8) is 0 Å². The Morgan fingerprint density at radius 3 is 2.50 bits per heavy atom. The summed E-state index contributed by atoms with van der Waals surface area (Å²) in [5.41, 5.74) is 3.32. The summed E-state index contributed by atoms with van der Waals surface area (Å²) >= 11 is 0. The van der Waals surface area contributed by atoms with E-state index in [9.17, 15) is 14.4 Å². The van der Waals surface area contributed by atoms with E-state index in [1.54, 1.807) is 10.9 Å². The monoisotopic (exact) mass is 404 g/mol. The first-order valence-electron chi connectivity index (χ1n) is 9.50. The quantitative estimate of drug-likeness (QED) is 0.660. The largest absolute Gasteiger partial charge is 0.452 e. The van der Waals surface area contributed by atoms with Crippen LogP contribution in [-0.4, -0.2) is 52.3 Å². The smallest absolute Gasteiger partial charge is 0.342 e. The van der Waals surface area contributed by atoms with Crippen LogP contribution in [0.5, 0.6) is 0 Å². The van der Waals surface area contributed by atoms with Gasteiger partial charge in [-0.3, -0.25) is 9.69 Å². The fraction of sp³-hybridized carbons (Fsp3) is 0.182. The van der Waals surface area contributed by atoms with Gasteiger partial charge in [-0.25, -0.2) is 14.3 Å². The van der Waals surface area contributed by atoms with Crippen LogP contribution in [0.3, 0.4) is 0 Å². The molecule has 0 bridgehead atoms. The van der Waals surface area contributed by atoms with Crippen LogP contribution in [0.25, 0.3) is 16.9 Å². The third-order valence-electron chi connectivity index (χ3n) is 4.76. The number of urea groups is 1. The number of esters is 1. The van der Waals surface area contributed by atoms with Gasteiger partial charge in [0.2, 0.25) is 0 Å². The molecule has 0 unspecified atom stereocenters. The number of carbonyl (C=O) groups is 3. The number of rotatable bonds is 5. The van der Waals surface area contributed by atoms with E-state index in [0.29, 0.717) is 12.2 Å². The molecule has 0 aliphatic carbocycles. The molecule has 1 aliphatic rings. The van der Waals surface area contributed by atoms with Crippen LogP contribution in [0, 0.1) is 6.92 Å². The van der Waals surface area contributed by atoms with Crippen LogP contribution < -0.4 is 5.32 Å². The summed E-state index contributed by atoms with van der Waals surface area (Å²) in [4.78, 5) is 37.6. The third-order valence-corrected chi connectivity index (χ3v) is 4.76. The average Bonchev–Trinajstić information content (AvgIpc) is 3.40. The van der Waals surface area contributed by atoms with Gasteiger partial charge in [0, 0.05) is 24.8 Å². The Morgan fingerprint density at radius 2 is 1.83 bits per heavy atom. The second-order valence-electron chi connectivity index (χ2n) is 6.89. The van der Waals surface area contributed by atoms with Gasteiger partial charge in [-0.2, -0.15) is 5.10 Å². The minimum atomic E-state index is -0.680. The van der Waals surface area contributed by atoms with Crippen molar-refractivity contribution in [1.82, 2.24) is 20.0 Å². The first-order valence-corrected chi connectivity index (χ1v) is 9.50. The Kier molecular flexibility index (Phi) is 5.30. The van der Waals surface area contributed by atoms with Gasteiger partial charge in [0.05, 0.1) is 5.69 Å². The molecule has 0 radical (unpaired) electrons. The summed E-state index contributed by atoms with van der Waals surface area (Å²) in [7, 11) is 0. The third kappa shape index (κ3) is 3.93. The second kappa shape index (κ2) is 8.20. The molecule has 1 aliphatic heterocycles. The molecule has 30 heavy (non-hydrogen) atoms. The van der Waals surface area contributed by atoms with E-state index in [0.717, 1.165) is 21.7 Å². The van der Waals surface area contributed by atoms with Crippen molar-refractivity contribution in [2.75, 3.05) is 19.7 Å². The van der Waals surface area contributed by atoms with Gasteiger partial charge < -0.3 is 10.1 Å². The normalized spacial score (nSPS) is 13.2. The van der Waals surface area contributed by atoms with Crippen molar-refractivity contribution in [2.24, 2.45) is 0 Å². The number of nitrogens with one attached hydrogen (secondary N) is 1. The molecule has 4 rings (SSSR count). The Morgan fingerprint density at radius 1 is 1.10 bits per heavy atom. The highest BCUT2D eigenvalue weighted by molar-refractivity contribution is 6.00. The number of imide groups is 1. The van der Waals surface area contributed by atoms with E-state index in [4.69, 9.17) is 4.74 Å². The number of ether oxygens (including phenoxy) is 1. The second-order valence-corrected chi connectivity index (χ2v) is 6.89. The molecule has 0 spiro atoms. The summed E-state index contributed by atoms with van der Waals surface area (Å²) in [6.07, 6.45) is 1.58. The summed E-state index contributed by atoms with van der Waals surface area (Å²) in [6, 6.07) is 16.5. The molecule has 1 fully saturated rings. The van der Waals surface area contributed by atoms with Crippen LogP contribution in [0.15, 0.2) is 60.8 Å². The van der Waals surface area contributed by atoms with Gasteiger partial charge >= 0.3 is 12.0 Å². The van der Waals surface area contributed by atoms with E-state index in [1.165, 1.54) is 0 Å². The molecule has 0 saturated carbocycles. The number of amides is 3. The molecule has 3 aromatic rings. The number of nitrogens with zero attached hydrogens (tertiary/aromatic N) is 3. The van der Waals surface area contributed by atoms with Crippen molar-refractivity contribution in [1.29, 1.82) is 0 Å². The van der Waals surface area contributed by atoms with Gasteiger partial charge in [-0.1, -0.05) is 48.0 Å². The maximum atomic E-state index is 12.8. The number of carbonyl (C=O) groups excluding carboxylic acids is 3. The lowest BCUT2D eigenvalue weighted by Crippen LogP contribution is -2.37. The molecular formula is C22H20N4O4. The first-order chi connectivity index (χ1) is 14.5. The molecule has 2 heterocycles. The lowest BCUT2D eigenvalue weighted by Gasteiger charge is -2.12. The molecule has 0 atom stereocenters. The number of aryl methyl sites for hydroxylation is 1. The maximum Gasteiger partial charge on any atom is 0.342 e. The molecule has 1 N–H and O–H groups in total. The fourth-order valence-electron chi connectivity index (χ4n) is 3.15. The summed E-state index contributed by atoms with van der Waals surface area (Å²) < 4.78 is 6.82. The zero-order valence-corrected chi connectivity index (χ0v) is 16.4. The molecule has 2 aromatic carbocycles. The topological polar surface area (TPSA) is 93.5 Å². The lowest BCUT2D eigenvalue weighted by molar-refractivity contribution is -0.130. The van der Waals surface area contributed by atoms with E-state index in [-0.39, 0.29) is 12.1 Å². The Balaban J connectivity index is 1.61. The number of aromatic nitrogens is 2. The minimum absolute atomic E-state index is 0.237. The fourth-order valence-corrected chi connectivity index (χ4v) is 3.15. The van der Waals surface area contributed by atoms with Crippen molar-refractivity contribution >= 4 is 17.9 Å². The summed E-state index contributed by atoms with van der Waals surface area (Å²) in [5.74, 6) is -1.24. The first kappa shape index (κ1) is 19.4. The minimum Gasteiger partial charge on any atom is -0.452 e. The van der Waals surface area contributed by atoms with Gasteiger partial charge in [0.1, 0.15) is 11.3 Å². The van der Waals surface area contributed by atoms with Crippen LogP contribution in [0.4, 0.5) is 4.79 Å². The van der Waals surface area contributed by atoms with Crippen LogP contribution in [0.2, 0.25) is 0 Å². The van der Waals surface area contributed by atoms with Gasteiger partial charge in [0.25, 0.3) is 5.91 Å². The van der Waals surface area contributed by atoms with Crippen molar-refractivity contribution in [2.45, 2.75) is 6.92 Å². The highest BCUT2D eigenvalue weighted by Crippen LogP contribution is 2.25. The Hall–Kier alpha value is -3.94. The van der Waals surface area contributed by atoms with E-state index in [1.807, 2.05) is 61.5 Å². The predicted molar refractivity (Wildman–Crippen MR) is 109 cm³/mol. The standard InChI is InChI=1S/C22H20N4O4/c1-15-7-9-16(10-8-15)20-18(13-26(24-20)17-5-3-2-4-6-17)21(28)30-14-19(27)25-12-11-23-22(25)29/h2-10,13H,11-12,14H2,1H3,(H,23,29). The van der Waals surface area contributed by atoms with Crippen molar-refractivity contribution < 1.29 is 19.1 Å². The SMILES string of the molecule is Cc1ccc(-c2nn(-c3ccccc3)cc2C(=O)OCC(=O)N2CCNC2=O)cc1. The summed E-state index contributed by atoms with van der Waals surface area (Å²) in [6.45, 7) is 2.10. The Labute approximate surface area is 173 Å². The zero-order valence-electron chi connectivity index (χ0n) is 16.4. The molecule has 3 amide bonds. The number of para-hydroxylation sites is 1. The zero-order chi connectivity index (χ0) is 21.1. The van der Waals surface area contributed by atoms with E-state index >= 15 is 0 Å². The van der Waals surface area contributed by atoms with Crippen molar-refractivity contribution in [3.8, 4) is 16.9 Å². The summed E-state index contributed by atoms with van der Waals surface area (Å²) in [5, 5.41) is 7.11. The lowest BCUT2D eigenvalue weighted by atomic mass is 10.1. The van der Waals surface area contributed by atoms with Gasteiger partial charge in [-0.15, -0.1) is 0 Å². The predicted octanol–water partition coefficient (Wildman–Crippen LogP) is 2.56. The highest BCUT2D eigenvalue weighted by atomic mass is 16.5. The molecule has 1 saturated heterocycles. The maximum absolute atomic E-state index is 12.8. The van der Waals surface area contributed by atoms with Crippen LogP contribution in [0.1, 0.15) is 15.9 Å². The molecule has 8 nitrogen and oxygen atoms in total. The average molecular weight is 404 g/mol. The van der Waals surface area contributed by atoms with Crippen LogP contribution in [-0.2, 0) is 9.53 Å². The highest BCUT2D eigenvalue weighted by Gasteiger charge is 2.28. The number of benzene rings is 2. The van der Waals surface area contributed by atoms with E-state index in [2.05, 4.69) is 10.4 Å². The molecule has 8 heteroatoms. The molecule has 1 aromatic heterocycles. The Bertz CT molecular complexity index is 1090. The van der Waals surface area contributed by atoms with Crippen molar-refractivity contribution in [3.05, 3.63) is 71.9 Å². The van der Waals surface area contributed by atoms with Gasteiger partial charge in [0.15, 0.2) is 6.61 Å². The molecule has 152 valence electrons. The number of hydrogen-bond acceptors (Lipinski definition) is 5. The molecular weight excluding hydrogens is 384 g/mol. The number of hydrogen-bond donors (Lipinski definition) is 1.